The molecule has 6 nitrogen and oxygen atoms in total. The lowest BCUT2D eigenvalue weighted by Crippen LogP contribution is -2.35. The van der Waals surface area contributed by atoms with Crippen LogP contribution in [0.1, 0.15) is 36.1 Å². The lowest BCUT2D eigenvalue weighted by atomic mass is 9.78. The van der Waals surface area contributed by atoms with E-state index in [0.29, 0.717) is 12.0 Å². The smallest absolute Gasteiger partial charge is 0.132 e. The van der Waals surface area contributed by atoms with Crippen LogP contribution in [0.3, 0.4) is 0 Å². The molecule has 3 N–H and O–H groups in total. The summed E-state index contributed by atoms with van der Waals surface area (Å²) in [5, 5.41) is 0. The van der Waals surface area contributed by atoms with Crippen molar-refractivity contribution in [3.63, 3.8) is 0 Å². The van der Waals surface area contributed by atoms with E-state index in [1.54, 1.807) is 6.07 Å². The van der Waals surface area contributed by atoms with Crippen molar-refractivity contribution in [1.29, 1.82) is 0 Å². The Kier molecular flexibility index (Phi) is 7.20. The Morgan fingerprint density at radius 2 is 1.93 bits per heavy atom. The van der Waals surface area contributed by atoms with Crippen LogP contribution in [0.15, 0.2) is 24.3 Å². The van der Waals surface area contributed by atoms with Crippen LogP contribution in [0.2, 0.25) is 0 Å². The zero-order valence-corrected chi connectivity index (χ0v) is 17.5. The summed E-state index contributed by atoms with van der Waals surface area (Å²) in [6.07, 6.45) is 2.71. The van der Waals surface area contributed by atoms with Gasteiger partial charge in [0.1, 0.15) is 23.3 Å². The second-order valence-electron chi connectivity index (χ2n) is 7.14. The Morgan fingerprint density at radius 1 is 1.18 bits per heavy atom. The highest BCUT2D eigenvalue weighted by atomic mass is 35.5. The Balaban J connectivity index is 0.00000140. The van der Waals surface area contributed by atoms with Crippen molar-refractivity contribution in [2.75, 3.05) is 18.5 Å². The van der Waals surface area contributed by atoms with Crippen LogP contribution in [0.25, 0.3) is 11.0 Å². The molecular weight excluding hydrogens is 402 g/mol. The van der Waals surface area contributed by atoms with Crippen molar-refractivity contribution in [3.05, 3.63) is 47.4 Å². The van der Waals surface area contributed by atoms with Crippen LogP contribution in [0.5, 0.6) is 0 Å². The molecule has 1 aromatic carbocycles. The van der Waals surface area contributed by atoms with E-state index in [1.807, 2.05) is 14.0 Å². The maximum atomic E-state index is 13.3. The first kappa shape index (κ1) is 22.3. The number of halogens is 3. The fourth-order valence-corrected chi connectivity index (χ4v) is 3.42. The van der Waals surface area contributed by atoms with E-state index >= 15 is 0 Å². The number of nitrogens with one attached hydrogen (secondary N) is 1. The van der Waals surface area contributed by atoms with Gasteiger partial charge in [0.05, 0.1) is 11.0 Å². The molecule has 1 saturated carbocycles. The summed E-state index contributed by atoms with van der Waals surface area (Å²) in [4.78, 5) is 18.9. The molecule has 0 spiro atoms. The molecule has 0 aliphatic heterocycles. The van der Waals surface area contributed by atoms with Gasteiger partial charge in [0.2, 0.25) is 0 Å². The SMILES string of the molecule is Cc1nc(C2CC(N)C2)cc(N(C)CCc2nc3ccc(F)cc3[nH]2)n1.Cl.Cl. The largest absolute Gasteiger partial charge is 0.359 e. The number of aromatic nitrogens is 4. The average Bonchev–Trinajstić information content (AvgIpc) is 2.98. The molecular formula is C19H25Cl2FN6. The van der Waals surface area contributed by atoms with Crippen molar-refractivity contribution in [2.24, 2.45) is 5.73 Å². The molecule has 0 unspecified atom stereocenters. The number of benzene rings is 1. The van der Waals surface area contributed by atoms with Crippen molar-refractivity contribution in [1.82, 2.24) is 19.9 Å². The topological polar surface area (TPSA) is 83.7 Å². The number of rotatable bonds is 5. The highest BCUT2D eigenvalue weighted by molar-refractivity contribution is 5.85. The van der Waals surface area contributed by atoms with Crippen LogP contribution < -0.4 is 10.6 Å². The number of likely N-dealkylation sites (N-methyl/N-ethyl adjacent to an activating group) is 1. The van der Waals surface area contributed by atoms with Gasteiger partial charge in [0, 0.05) is 43.7 Å². The second-order valence-corrected chi connectivity index (χ2v) is 7.14. The highest BCUT2D eigenvalue weighted by Gasteiger charge is 2.29. The van der Waals surface area contributed by atoms with Crippen LogP contribution in [0, 0.1) is 12.7 Å². The molecule has 9 heteroatoms. The molecule has 0 bridgehead atoms. The number of nitrogens with two attached hydrogens (primary N) is 1. The van der Waals surface area contributed by atoms with Crippen molar-refractivity contribution in [2.45, 2.75) is 38.1 Å². The van der Waals surface area contributed by atoms with Crippen LogP contribution >= 0.6 is 24.8 Å². The third kappa shape index (κ3) is 4.71. The Labute approximate surface area is 176 Å². The predicted molar refractivity (Wildman–Crippen MR) is 114 cm³/mol. The van der Waals surface area contributed by atoms with Crippen molar-refractivity contribution < 1.29 is 4.39 Å². The van der Waals surface area contributed by atoms with Gasteiger partial charge >= 0.3 is 0 Å². The number of aromatic amines is 1. The summed E-state index contributed by atoms with van der Waals surface area (Å²) in [5.41, 5.74) is 8.50. The minimum absolute atomic E-state index is 0. The van der Waals surface area contributed by atoms with E-state index in [0.717, 1.165) is 60.0 Å². The zero-order valence-electron chi connectivity index (χ0n) is 15.9. The maximum Gasteiger partial charge on any atom is 0.132 e. The standard InChI is InChI=1S/C19H23FN6.2ClH/c1-11-22-16(12-7-14(21)8-12)10-19(23-11)26(2)6-5-18-24-15-4-3-13(20)9-17(15)25-18;;/h3-4,9-10,12,14H,5-8,21H2,1-2H3,(H,24,25);2*1H. The molecule has 152 valence electrons. The molecule has 1 fully saturated rings. The van der Waals surface area contributed by atoms with Gasteiger partial charge in [0.15, 0.2) is 0 Å². The number of aryl methyl sites for hydroxylation is 1. The molecule has 0 saturated heterocycles. The van der Waals surface area contributed by atoms with Gasteiger partial charge in [-0.2, -0.15) is 0 Å². The molecule has 4 rings (SSSR count). The molecule has 2 heterocycles. The number of anilines is 1. The third-order valence-corrected chi connectivity index (χ3v) is 5.01. The van der Waals surface area contributed by atoms with Crippen LogP contribution in [0.4, 0.5) is 10.2 Å². The molecule has 3 aromatic rings. The van der Waals surface area contributed by atoms with Crippen LogP contribution in [-0.2, 0) is 6.42 Å². The van der Waals surface area contributed by atoms with Gasteiger partial charge < -0.3 is 15.6 Å². The molecule has 0 amide bonds. The summed E-state index contributed by atoms with van der Waals surface area (Å²) in [7, 11) is 2.01. The Hall–Kier alpha value is -1.96. The monoisotopic (exact) mass is 426 g/mol. The first-order valence-electron chi connectivity index (χ1n) is 8.94. The molecule has 0 radical (unpaired) electrons. The maximum absolute atomic E-state index is 13.3. The van der Waals surface area contributed by atoms with Crippen molar-refractivity contribution >= 4 is 41.7 Å². The number of fused-ring (bicyclic) bond motifs is 1. The quantitative estimate of drug-likeness (QED) is 0.651. The summed E-state index contributed by atoms with van der Waals surface area (Å²) in [6.45, 7) is 2.68. The first-order valence-corrected chi connectivity index (χ1v) is 8.94. The number of H-pyrrole nitrogens is 1. The summed E-state index contributed by atoms with van der Waals surface area (Å²) >= 11 is 0. The Bertz CT molecular complexity index is 941. The lowest BCUT2D eigenvalue weighted by Gasteiger charge is -2.32. The zero-order chi connectivity index (χ0) is 18.3. The fraction of sp³-hybridized carbons (Fsp3) is 0.421. The lowest BCUT2D eigenvalue weighted by molar-refractivity contribution is 0.344. The molecule has 1 aliphatic rings. The van der Waals surface area contributed by atoms with E-state index in [9.17, 15) is 4.39 Å². The summed E-state index contributed by atoms with van der Waals surface area (Å²) in [6, 6.07) is 6.96. The van der Waals surface area contributed by atoms with Gasteiger partial charge in [-0.05, 0) is 38.0 Å². The van der Waals surface area contributed by atoms with Gasteiger partial charge in [-0.3, -0.25) is 0 Å². The van der Waals surface area contributed by atoms with Gasteiger partial charge in [-0.1, -0.05) is 0 Å². The molecule has 2 aromatic heterocycles. The van der Waals surface area contributed by atoms with Crippen molar-refractivity contribution in [3.8, 4) is 0 Å². The van der Waals surface area contributed by atoms with Gasteiger partial charge in [0.25, 0.3) is 0 Å². The van der Waals surface area contributed by atoms with Gasteiger partial charge in [-0.25, -0.2) is 19.3 Å². The van der Waals surface area contributed by atoms with E-state index in [2.05, 4.69) is 30.9 Å². The predicted octanol–water partition coefficient (Wildman–Crippen LogP) is 3.53. The second kappa shape index (κ2) is 9.03. The van der Waals surface area contributed by atoms with E-state index in [4.69, 9.17) is 5.73 Å². The summed E-state index contributed by atoms with van der Waals surface area (Å²) < 4.78 is 13.3. The highest BCUT2D eigenvalue weighted by Crippen LogP contribution is 2.35. The minimum Gasteiger partial charge on any atom is -0.359 e. The number of hydrogen-bond acceptors (Lipinski definition) is 5. The van der Waals surface area contributed by atoms with Crippen LogP contribution in [-0.4, -0.2) is 39.6 Å². The summed E-state index contributed by atoms with van der Waals surface area (Å²) in [5.74, 6) is 2.72. The van der Waals surface area contributed by atoms with Gasteiger partial charge in [-0.15, -0.1) is 24.8 Å². The molecule has 28 heavy (non-hydrogen) atoms. The third-order valence-electron chi connectivity index (χ3n) is 5.01. The number of nitrogens with zero attached hydrogens (tertiary/aromatic N) is 4. The van der Waals surface area contributed by atoms with E-state index in [1.165, 1.54) is 12.1 Å². The molecule has 1 aliphatic carbocycles. The van der Waals surface area contributed by atoms with E-state index in [-0.39, 0.29) is 30.6 Å². The number of imidazole rings is 1. The Morgan fingerprint density at radius 3 is 2.64 bits per heavy atom. The normalized spacial score (nSPS) is 18.1. The fourth-order valence-electron chi connectivity index (χ4n) is 3.42. The minimum atomic E-state index is -0.260. The molecule has 0 atom stereocenters. The average molecular weight is 427 g/mol. The number of hydrogen-bond donors (Lipinski definition) is 2. The first-order chi connectivity index (χ1) is 12.5. The van der Waals surface area contributed by atoms with E-state index < -0.39 is 0 Å².